The first-order chi connectivity index (χ1) is 12.0. The first-order valence-electron chi connectivity index (χ1n) is 7.41. The Bertz CT molecular complexity index is 971. The zero-order valence-corrected chi connectivity index (χ0v) is 13.7. The molecule has 1 amide bonds. The van der Waals surface area contributed by atoms with Crippen LogP contribution in [0, 0.1) is 5.82 Å². The van der Waals surface area contributed by atoms with E-state index in [1.165, 1.54) is 24.3 Å². The first-order valence-corrected chi connectivity index (χ1v) is 7.78. The lowest BCUT2D eigenvalue weighted by atomic mass is 10.1. The SMILES string of the molecule is O=C(Cn1nc(-c2ccc(F)cc2)ccc1=O)Nc1cccc(Cl)c1. The second-order valence-electron chi connectivity index (χ2n) is 5.28. The van der Waals surface area contributed by atoms with Gasteiger partial charge in [-0.15, -0.1) is 0 Å². The van der Waals surface area contributed by atoms with E-state index in [4.69, 9.17) is 11.6 Å². The van der Waals surface area contributed by atoms with Gasteiger partial charge in [-0.25, -0.2) is 9.07 Å². The van der Waals surface area contributed by atoms with Gasteiger partial charge in [-0.2, -0.15) is 5.10 Å². The number of halogens is 2. The average molecular weight is 358 g/mol. The lowest BCUT2D eigenvalue weighted by Crippen LogP contribution is -2.29. The van der Waals surface area contributed by atoms with E-state index in [1.54, 1.807) is 36.4 Å². The number of benzene rings is 2. The zero-order chi connectivity index (χ0) is 17.8. The second kappa shape index (κ2) is 7.27. The van der Waals surface area contributed by atoms with Crippen LogP contribution in [0.25, 0.3) is 11.3 Å². The summed E-state index contributed by atoms with van der Waals surface area (Å²) >= 11 is 5.87. The molecule has 1 N–H and O–H groups in total. The number of hydrogen-bond acceptors (Lipinski definition) is 3. The third-order valence-corrected chi connectivity index (χ3v) is 3.64. The molecule has 0 unspecified atom stereocenters. The van der Waals surface area contributed by atoms with Gasteiger partial charge in [-0.3, -0.25) is 9.59 Å². The van der Waals surface area contributed by atoms with Gasteiger partial charge in [0, 0.05) is 22.3 Å². The number of anilines is 1. The van der Waals surface area contributed by atoms with E-state index in [-0.39, 0.29) is 12.4 Å². The average Bonchev–Trinajstić information content (AvgIpc) is 2.57. The highest BCUT2D eigenvalue weighted by Crippen LogP contribution is 2.16. The normalized spacial score (nSPS) is 10.5. The largest absolute Gasteiger partial charge is 0.324 e. The van der Waals surface area contributed by atoms with Crippen LogP contribution in [-0.4, -0.2) is 15.7 Å². The van der Waals surface area contributed by atoms with Crippen LogP contribution in [0.1, 0.15) is 0 Å². The van der Waals surface area contributed by atoms with Crippen molar-refractivity contribution < 1.29 is 9.18 Å². The van der Waals surface area contributed by atoms with Crippen molar-refractivity contribution in [2.45, 2.75) is 6.54 Å². The van der Waals surface area contributed by atoms with Gasteiger partial charge in [-0.05, 0) is 48.5 Å². The Labute approximate surface area is 147 Å². The lowest BCUT2D eigenvalue weighted by molar-refractivity contribution is -0.117. The van der Waals surface area contributed by atoms with Crippen LogP contribution >= 0.6 is 11.6 Å². The lowest BCUT2D eigenvalue weighted by Gasteiger charge is -2.08. The minimum Gasteiger partial charge on any atom is -0.324 e. The van der Waals surface area contributed by atoms with Crippen LogP contribution in [-0.2, 0) is 11.3 Å². The van der Waals surface area contributed by atoms with Crippen LogP contribution in [0.4, 0.5) is 10.1 Å². The van der Waals surface area contributed by atoms with Gasteiger partial charge in [-0.1, -0.05) is 17.7 Å². The van der Waals surface area contributed by atoms with Crippen molar-refractivity contribution in [3.63, 3.8) is 0 Å². The summed E-state index contributed by atoms with van der Waals surface area (Å²) in [6.07, 6.45) is 0. The van der Waals surface area contributed by atoms with Gasteiger partial charge in [0.2, 0.25) is 5.91 Å². The number of hydrogen-bond donors (Lipinski definition) is 1. The molecule has 3 rings (SSSR count). The summed E-state index contributed by atoms with van der Waals surface area (Å²) in [7, 11) is 0. The standard InChI is InChI=1S/C18H13ClFN3O2/c19-13-2-1-3-15(10-13)21-17(24)11-23-18(25)9-8-16(22-23)12-4-6-14(20)7-5-12/h1-10H,11H2,(H,21,24). The molecule has 1 heterocycles. The molecular weight excluding hydrogens is 345 g/mol. The highest BCUT2D eigenvalue weighted by molar-refractivity contribution is 6.30. The monoisotopic (exact) mass is 357 g/mol. The van der Waals surface area contributed by atoms with Gasteiger partial charge >= 0.3 is 0 Å². The molecule has 25 heavy (non-hydrogen) atoms. The molecule has 0 fully saturated rings. The summed E-state index contributed by atoms with van der Waals surface area (Å²) in [5, 5.41) is 7.31. The fraction of sp³-hybridized carbons (Fsp3) is 0.0556. The number of carbonyl (C=O) groups excluding carboxylic acids is 1. The van der Waals surface area contributed by atoms with Gasteiger partial charge in [0.15, 0.2) is 0 Å². The highest BCUT2D eigenvalue weighted by Gasteiger charge is 2.09. The molecule has 0 aliphatic rings. The van der Waals surface area contributed by atoms with Crippen LogP contribution < -0.4 is 10.9 Å². The fourth-order valence-electron chi connectivity index (χ4n) is 2.24. The van der Waals surface area contributed by atoms with Crippen molar-refractivity contribution in [2.24, 2.45) is 0 Å². The number of amides is 1. The third kappa shape index (κ3) is 4.30. The maximum Gasteiger partial charge on any atom is 0.267 e. The maximum absolute atomic E-state index is 13.0. The Morgan fingerprint density at radius 2 is 1.88 bits per heavy atom. The molecule has 7 heteroatoms. The summed E-state index contributed by atoms with van der Waals surface area (Å²) in [5.41, 5.74) is 1.23. The van der Waals surface area contributed by atoms with Crippen molar-refractivity contribution in [1.29, 1.82) is 0 Å². The molecule has 0 saturated heterocycles. The summed E-state index contributed by atoms with van der Waals surface area (Å²) in [6, 6.07) is 15.2. The predicted molar refractivity (Wildman–Crippen MR) is 94.0 cm³/mol. The minimum atomic E-state index is -0.410. The van der Waals surface area contributed by atoms with Crippen LogP contribution in [0.3, 0.4) is 0 Å². The van der Waals surface area contributed by atoms with E-state index in [2.05, 4.69) is 10.4 Å². The summed E-state index contributed by atoms with van der Waals surface area (Å²) in [6.45, 7) is -0.250. The van der Waals surface area contributed by atoms with Gasteiger partial charge in [0.25, 0.3) is 5.56 Å². The Balaban J connectivity index is 1.80. The van der Waals surface area contributed by atoms with Crippen molar-refractivity contribution >= 4 is 23.2 Å². The molecule has 0 bridgehead atoms. The molecular formula is C18H13ClFN3O2. The minimum absolute atomic E-state index is 0.250. The van der Waals surface area contributed by atoms with Gasteiger partial charge in [0.1, 0.15) is 12.4 Å². The zero-order valence-electron chi connectivity index (χ0n) is 12.9. The molecule has 0 saturated carbocycles. The Hall–Kier alpha value is -2.99. The van der Waals surface area contributed by atoms with E-state index in [1.807, 2.05) is 0 Å². The summed E-state index contributed by atoms with van der Waals surface area (Å²) in [5.74, 6) is -0.772. The molecule has 126 valence electrons. The molecule has 2 aromatic carbocycles. The molecule has 0 aliphatic heterocycles. The van der Waals surface area contributed by atoms with Gasteiger partial charge < -0.3 is 5.32 Å². The van der Waals surface area contributed by atoms with E-state index in [0.717, 1.165) is 4.68 Å². The molecule has 0 aliphatic carbocycles. The van der Waals surface area contributed by atoms with Crippen molar-refractivity contribution in [3.05, 3.63) is 81.9 Å². The molecule has 0 spiro atoms. The highest BCUT2D eigenvalue weighted by atomic mass is 35.5. The van der Waals surface area contributed by atoms with E-state index < -0.39 is 11.5 Å². The molecule has 1 aromatic heterocycles. The Kier molecular flexibility index (Phi) is 4.90. The third-order valence-electron chi connectivity index (χ3n) is 3.41. The van der Waals surface area contributed by atoms with Crippen molar-refractivity contribution in [1.82, 2.24) is 9.78 Å². The predicted octanol–water partition coefficient (Wildman–Crippen LogP) is 3.34. The molecule has 5 nitrogen and oxygen atoms in total. The van der Waals surface area contributed by atoms with Crippen LogP contribution in [0.15, 0.2) is 65.5 Å². The topological polar surface area (TPSA) is 64.0 Å². The number of carbonyl (C=O) groups is 1. The van der Waals surface area contributed by atoms with E-state index >= 15 is 0 Å². The fourth-order valence-corrected chi connectivity index (χ4v) is 2.43. The van der Waals surface area contributed by atoms with Crippen LogP contribution in [0.5, 0.6) is 0 Å². The summed E-state index contributed by atoms with van der Waals surface area (Å²) < 4.78 is 14.1. The molecule has 3 aromatic rings. The number of rotatable bonds is 4. The molecule has 0 atom stereocenters. The number of aromatic nitrogens is 2. The smallest absolute Gasteiger partial charge is 0.267 e. The second-order valence-corrected chi connectivity index (χ2v) is 5.72. The summed E-state index contributed by atoms with van der Waals surface area (Å²) in [4.78, 5) is 24.1. The maximum atomic E-state index is 13.0. The van der Waals surface area contributed by atoms with E-state index in [0.29, 0.717) is 22.0 Å². The number of nitrogens with one attached hydrogen (secondary N) is 1. The van der Waals surface area contributed by atoms with E-state index in [9.17, 15) is 14.0 Å². The van der Waals surface area contributed by atoms with Gasteiger partial charge in [0.05, 0.1) is 5.69 Å². The number of nitrogens with zero attached hydrogens (tertiary/aromatic N) is 2. The van der Waals surface area contributed by atoms with Crippen molar-refractivity contribution in [2.75, 3.05) is 5.32 Å². The molecule has 0 radical (unpaired) electrons. The first kappa shape index (κ1) is 16.9. The van der Waals surface area contributed by atoms with Crippen molar-refractivity contribution in [3.8, 4) is 11.3 Å². The Morgan fingerprint density at radius 1 is 1.12 bits per heavy atom. The van der Waals surface area contributed by atoms with Crippen LogP contribution in [0.2, 0.25) is 5.02 Å². The quantitative estimate of drug-likeness (QED) is 0.778. The Morgan fingerprint density at radius 3 is 2.60 bits per heavy atom.